The molecule has 4 rings (SSSR count). The van der Waals surface area contributed by atoms with E-state index in [1.807, 2.05) is 30.3 Å². The van der Waals surface area contributed by atoms with E-state index < -0.39 is 28.8 Å². The highest BCUT2D eigenvalue weighted by Gasteiger charge is 2.45. The predicted molar refractivity (Wildman–Crippen MR) is 120 cm³/mol. The van der Waals surface area contributed by atoms with Crippen LogP contribution in [0.15, 0.2) is 52.9 Å². The zero-order chi connectivity index (χ0) is 22.7. The van der Waals surface area contributed by atoms with Crippen molar-refractivity contribution in [2.24, 2.45) is 0 Å². The highest BCUT2D eigenvalue weighted by molar-refractivity contribution is 6.34. The first-order valence-corrected chi connectivity index (χ1v) is 11.0. The van der Waals surface area contributed by atoms with Gasteiger partial charge in [0.15, 0.2) is 11.5 Å². The van der Waals surface area contributed by atoms with E-state index in [0.29, 0.717) is 29.0 Å². The maximum absolute atomic E-state index is 12.9. The van der Waals surface area contributed by atoms with Crippen LogP contribution in [0, 0.1) is 11.3 Å². The number of alkyl halides is 1. The van der Waals surface area contributed by atoms with Gasteiger partial charge >= 0.3 is 0 Å². The second-order valence-corrected chi connectivity index (χ2v) is 8.72. The molecule has 1 aromatic heterocycles. The minimum Gasteiger partial charge on any atom is -0.441 e. The monoisotopic (exact) mass is 470 g/mol. The normalized spacial score (nSPS) is 16.0. The van der Waals surface area contributed by atoms with Crippen LogP contribution in [0.3, 0.4) is 0 Å². The third kappa shape index (κ3) is 5.04. The lowest BCUT2D eigenvalue weighted by molar-refractivity contribution is -0.129. The van der Waals surface area contributed by atoms with Crippen LogP contribution in [0.5, 0.6) is 0 Å². The lowest BCUT2D eigenvalue weighted by atomic mass is 10.1. The fraction of sp³-hybridized carbons (Fsp3) is 0.304. The van der Waals surface area contributed by atoms with Crippen molar-refractivity contribution in [2.75, 3.05) is 0 Å². The number of nitrogens with zero attached hydrogens (tertiary/aromatic N) is 2. The first-order valence-electron chi connectivity index (χ1n) is 10.1. The molecule has 2 N–H and O–H groups in total. The van der Waals surface area contributed by atoms with E-state index >= 15 is 0 Å². The number of amides is 2. The van der Waals surface area contributed by atoms with E-state index in [9.17, 15) is 14.9 Å². The Morgan fingerprint density at radius 1 is 1.19 bits per heavy atom. The van der Waals surface area contributed by atoms with Gasteiger partial charge < -0.3 is 15.1 Å². The van der Waals surface area contributed by atoms with Gasteiger partial charge in [-0.2, -0.15) is 5.26 Å². The Kier molecular flexibility index (Phi) is 6.35. The molecule has 1 aliphatic rings. The number of hydrogen-bond donors (Lipinski definition) is 2. The molecule has 2 aromatic carbocycles. The Morgan fingerprint density at radius 3 is 2.59 bits per heavy atom. The van der Waals surface area contributed by atoms with Crippen molar-refractivity contribution in [3.05, 3.63) is 65.0 Å². The summed E-state index contributed by atoms with van der Waals surface area (Å²) in [5.74, 6) is -0.623. The molecule has 0 aliphatic heterocycles. The molecule has 32 heavy (non-hydrogen) atoms. The quantitative estimate of drug-likeness (QED) is 0.482. The summed E-state index contributed by atoms with van der Waals surface area (Å²) in [6.45, 7) is 0. The van der Waals surface area contributed by atoms with Gasteiger partial charge in [-0.05, 0) is 30.5 Å². The van der Waals surface area contributed by atoms with Gasteiger partial charge in [0.1, 0.15) is 17.1 Å². The molecule has 7 nitrogen and oxygen atoms in total. The zero-order valence-electron chi connectivity index (χ0n) is 17.0. The molecule has 2 atom stereocenters. The maximum Gasteiger partial charge on any atom is 0.244 e. The van der Waals surface area contributed by atoms with Crippen LogP contribution in [0.4, 0.5) is 0 Å². The van der Waals surface area contributed by atoms with E-state index in [1.54, 1.807) is 18.2 Å². The number of para-hydroxylation sites is 1. The highest BCUT2D eigenvalue weighted by Crippen LogP contribution is 2.34. The number of hydrogen-bond acceptors (Lipinski definition) is 5. The fourth-order valence-corrected chi connectivity index (χ4v) is 3.83. The first-order chi connectivity index (χ1) is 15.4. The van der Waals surface area contributed by atoms with E-state index in [0.717, 1.165) is 5.56 Å². The molecule has 3 aromatic rings. The number of nitrogens with one attached hydrogen (secondary N) is 2. The minimum absolute atomic E-state index is 0.00236. The number of oxazole rings is 1. The van der Waals surface area contributed by atoms with Gasteiger partial charge in [-0.1, -0.05) is 48.0 Å². The standard InChI is InChI=1S/C23H20Cl2N4O3/c24-15-7-4-8-18-21(15)28-20(32-18)12-17(22(31)29-23(13-26)9-10-23)27-19(30)11-16(25)14-5-2-1-3-6-14/h1-8,16-17H,9-12H2,(H,27,30)(H,29,31)/t16-,17?/m0/s1. The van der Waals surface area contributed by atoms with Gasteiger partial charge in [0.25, 0.3) is 0 Å². The van der Waals surface area contributed by atoms with Crippen molar-refractivity contribution < 1.29 is 14.0 Å². The second kappa shape index (κ2) is 9.19. The van der Waals surface area contributed by atoms with Gasteiger partial charge in [-0.25, -0.2) is 4.98 Å². The topological polar surface area (TPSA) is 108 Å². The Labute approximate surface area is 194 Å². The zero-order valence-corrected chi connectivity index (χ0v) is 18.5. The molecule has 9 heteroatoms. The fourth-order valence-electron chi connectivity index (χ4n) is 3.34. The molecule has 0 spiro atoms. The molecule has 0 radical (unpaired) electrons. The number of benzene rings is 2. The average molecular weight is 471 g/mol. The first kappa shape index (κ1) is 22.1. The lowest BCUT2D eigenvalue weighted by Crippen LogP contribution is -2.51. The summed E-state index contributed by atoms with van der Waals surface area (Å²) >= 11 is 12.5. The molecular weight excluding hydrogens is 451 g/mol. The van der Waals surface area contributed by atoms with E-state index in [-0.39, 0.29) is 18.7 Å². The van der Waals surface area contributed by atoms with Crippen LogP contribution in [-0.4, -0.2) is 28.4 Å². The van der Waals surface area contributed by atoms with E-state index in [1.165, 1.54) is 0 Å². The Balaban J connectivity index is 1.50. The highest BCUT2D eigenvalue weighted by atomic mass is 35.5. The van der Waals surface area contributed by atoms with Crippen molar-refractivity contribution in [1.29, 1.82) is 5.26 Å². The SMILES string of the molecule is N#CC1(NC(=O)C(Cc2nc3c(Cl)cccc3o2)NC(=O)C[C@H](Cl)c2ccccc2)CC1. The summed E-state index contributed by atoms with van der Waals surface area (Å²) in [4.78, 5) is 30.0. The van der Waals surface area contributed by atoms with Crippen LogP contribution in [0.25, 0.3) is 11.1 Å². The van der Waals surface area contributed by atoms with Crippen molar-refractivity contribution in [1.82, 2.24) is 15.6 Å². The average Bonchev–Trinajstić information content (AvgIpc) is 3.43. The Bertz CT molecular complexity index is 1180. The number of rotatable bonds is 8. The number of nitriles is 1. The molecule has 0 bridgehead atoms. The summed E-state index contributed by atoms with van der Waals surface area (Å²) < 4.78 is 5.72. The smallest absolute Gasteiger partial charge is 0.244 e. The molecule has 1 heterocycles. The third-order valence-electron chi connectivity index (χ3n) is 5.30. The molecule has 0 saturated heterocycles. The van der Waals surface area contributed by atoms with Crippen molar-refractivity contribution in [3.8, 4) is 6.07 Å². The van der Waals surface area contributed by atoms with Crippen molar-refractivity contribution >= 4 is 46.1 Å². The number of carbonyl (C=O) groups is 2. The minimum atomic E-state index is -0.986. The summed E-state index contributed by atoms with van der Waals surface area (Å²) in [5, 5.41) is 14.6. The van der Waals surface area contributed by atoms with Crippen LogP contribution in [0.1, 0.15) is 36.1 Å². The second-order valence-electron chi connectivity index (χ2n) is 7.78. The molecule has 164 valence electrons. The number of aromatic nitrogens is 1. The van der Waals surface area contributed by atoms with E-state index in [4.69, 9.17) is 27.6 Å². The van der Waals surface area contributed by atoms with Crippen LogP contribution < -0.4 is 10.6 Å². The molecule has 1 aliphatic carbocycles. The molecular formula is C23H20Cl2N4O3. The van der Waals surface area contributed by atoms with Crippen LogP contribution in [0.2, 0.25) is 5.02 Å². The van der Waals surface area contributed by atoms with Gasteiger partial charge in [0.05, 0.1) is 22.9 Å². The molecule has 2 amide bonds. The largest absolute Gasteiger partial charge is 0.441 e. The van der Waals surface area contributed by atoms with E-state index in [2.05, 4.69) is 21.7 Å². The molecule has 1 unspecified atom stereocenters. The van der Waals surface area contributed by atoms with Crippen molar-refractivity contribution in [2.45, 2.75) is 42.6 Å². The summed E-state index contributed by atoms with van der Waals surface area (Å²) in [5.41, 5.74) is 0.901. The van der Waals surface area contributed by atoms with Crippen molar-refractivity contribution in [3.63, 3.8) is 0 Å². The number of carbonyl (C=O) groups excluding carboxylic acids is 2. The Morgan fingerprint density at radius 2 is 1.94 bits per heavy atom. The summed E-state index contributed by atoms with van der Waals surface area (Å²) in [6, 6.07) is 15.5. The van der Waals surface area contributed by atoms with Gasteiger partial charge in [0.2, 0.25) is 11.8 Å². The summed E-state index contributed by atoms with van der Waals surface area (Å²) in [7, 11) is 0. The van der Waals surface area contributed by atoms with Gasteiger partial charge in [-0.3, -0.25) is 9.59 Å². The third-order valence-corrected chi connectivity index (χ3v) is 6.01. The van der Waals surface area contributed by atoms with Gasteiger partial charge in [-0.15, -0.1) is 11.6 Å². The van der Waals surface area contributed by atoms with Crippen LogP contribution >= 0.6 is 23.2 Å². The number of halogens is 2. The lowest BCUT2D eigenvalue weighted by Gasteiger charge is -2.20. The summed E-state index contributed by atoms with van der Waals surface area (Å²) in [6.07, 6.45) is 1.14. The predicted octanol–water partition coefficient (Wildman–Crippen LogP) is 4.05. The van der Waals surface area contributed by atoms with Gasteiger partial charge in [0, 0.05) is 6.42 Å². The molecule has 1 saturated carbocycles. The number of fused-ring (bicyclic) bond motifs is 1. The van der Waals surface area contributed by atoms with Crippen LogP contribution in [-0.2, 0) is 16.0 Å². The Hall–Kier alpha value is -3.08. The molecule has 1 fully saturated rings. The maximum atomic E-state index is 12.9.